The molecule has 1 saturated carbocycles. The fourth-order valence-electron chi connectivity index (χ4n) is 3.56. The monoisotopic (exact) mass is 382 g/mol. The van der Waals surface area contributed by atoms with Crippen LogP contribution < -0.4 is 0 Å². The Morgan fingerprint density at radius 1 is 1.11 bits per heavy atom. The maximum atomic E-state index is 13.1. The molecule has 1 unspecified atom stereocenters. The summed E-state index contributed by atoms with van der Waals surface area (Å²) >= 11 is 0. The number of nitrogens with zero attached hydrogens (tertiary/aromatic N) is 2. The van der Waals surface area contributed by atoms with Crippen LogP contribution in [-0.4, -0.2) is 60.5 Å². The average Bonchev–Trinajstić information content (AvgIpc) is 3.36. The van der Waals surface area contributed by atoms with E-state index in [0.717, 1.165) is 12.1 Å². The van der Waals surface area contributed by atoms with Gasteiger partial charge in [-0.1, -0.05) is 17.7 Å². The predicted molar refractivity (Wildman–Crippen MR) is 104 cm³/mol. The van der Waals surface area contributed by atoms with Crippen molar-refractivity contribution in [1.82, 2.24) is 9.80 Å². The summed E-state index contributed by atoms with van der Waals surface area (Å²) in [4.78, 5) is 29.4. The zero-order valence-electron chi connectivity index (χ0n) is 16.2. The SMILES string of the molecule is Cc1ccc(C(=O)N(CC2CC2)CC2CN(C(=O)c3ccoc3)CCO2)cc1. The lowest BCUT2D eigenvalue weighted by molar-refractivity contribution is -0.0335. The minimum atomic E-state index is -0.183. The summed E-state index contributed by atoms with van der Waals surface area (Å²) in [5, 5.41) is 0. The maximum Gasteiger partial charge on any atom is 0.257 e. The van der Waals surface area contributed by atoms with E-state index in [9.17, 15) is 9.59 Å². The highest BCUT2D eigenvalue weighted by molar-refractivity contribution is 5.94. The summed E-state index contributed by atoms with van der Waals surface area (Å²) in [6.07, 6.45) is 5.14. The fourth-order valence-corrected chi connectivity index (χ4v) is 3.56. The maximum absolute atomic E-state index is 13.1. The van der Waals surface area contributed by atoms with E-state index < -0.39 is 0 Å². The zero-order valence-corrected chi connectivity index (χ0v) is 16.2. The first-order valence-electron chi connectivity index (χ1n) is 9.89. The Morgan fingerprint density at radius 2 is 1.89 bits per heavy atom. The van der Waals surface area contributed by atoms with E-state index in [4.69, 9.17) is 9.15 Å². The summed E-state index contributed by atoms with van der Waals surface area (Å²) in [6, 6.07) is 9.37. The van der Waals surface area contributed by atoms with Gasteiger partial charge in [-0.25, -0.2) is 0 Å². The van der Waals surface area contributed by atoms with Crippen molar-refractivity contribution in [3.8, 4) is 0 Å². The third kappa shape index (κ3) is 4.44. The van der Waals surface area contributed by atoms with Gasteiger partial charge < -0.3 is 19.0 Å². The van der Waals surface area contributed by atoms with Crippen LogP contribution in [0.3, 0.4) is 0 Å². The molecule has 0 radical (unpaired) electrons. The average molecular weight is 382 g/mol. The van der Waals surface area contributed by atoms with E-state index in [2.05, 4.69) is 0 Å². The summed E-state index contributed by atoms with van der Waals surface area (Å²) < 4.78 is 10.9. The van der Waals surface area contributed by atoms with Gasteiger partial charge in [0.2, 0.25) is 0 Å². The van der Waals surface area contributed by atoms with Crippen LogP contribution in [0.15, 0.2) is 47.3 Å². The number of ether oxygens (including phenoxy) is 1. The van der Waals surface area contributed by atoms with Crippen LogP contribution >= 0.6 is 0 Å². The molecule has 1 aromatic heterocycles. The van der Waals surface area contributed by atoms with E-state index >= 15 is 0 Å². The van der Waals surface area contributed by atoms with Gasteiger partial charge in [-0.3, -0.25) is 9.59 Å². The number of hydrogen-bond donors (Lipinski definition) is 0. The molecule has 28 heavy (non-hydrogen) atoms. The Bertz CT molecular complexity index is 812. The first-order valence-corrected chi connectivity index (χ1v) is 9.89. The van der Waals surface area contributed by atoms with Gasteiger partial charge in [0.15, 0.2) is 0 Å². The number of carbonyl (C=O) groups excluding carboxylic acids is 2. The summed E-state index contributed by atoms with van der Waals surface area (Å²) in [7, 11) is 0. The van der Waals surface area contributed by atoms with E-state index in [1.165, 1.54) is 25.4 Å². The van der Waals surface area contributed by atoms with Gasteiger partial charge in [0.05, 0.1) is 24.5 Å². The number of carbonyl (C=O) groups is 2. The first kappa shape index (κ1) is 18.7. The standard InChI is InChI=1S/C22H26N2O4/c1-16-2-6-18(7-3-16)21(25)24(12-17-4-5-17)14-20-13-23(9-11-28-20)22(26)19-8-10-27-15-19/h2-3,6-8,10,15,17,20H,4-5,9,11-14H2,1H3. The third-order valence-corrected chi connectivity index (χ3v) is 5.38. The van der Waals surface area contributed by atoms with Gasteiger partial charge in [0.1, 0.15) is 6.26 Å². The molecule has 1 aliphatic heterocycles. The molecule has 2 heterocycles. The molecule has 1 saturated heterocycles. The molecule has 1 atom stereocenters. The fraction of sp³-hybridized carbons (Fsp3) is 0.455. The lowest BCUT2D eigenvalue weighted by Gasteiger charge is -2.35. The van der Waals surface area contributed by atoms with Crippen LogP contribution in [-0.2, 0) is 4.74 Å². The van der Waals surface area contributed by atoms with E-state index in [1.54, 1.807) is 11.0 Å². The Labute approximate surface area is 165 Å². The third-order valence-electron chi connectivity index (χ3n) is 5.38. The van der Waals surface area contributed by atoms with Crippen molar-refractivity contribution in [1.29, 1.82) is 0 Å². The van der Waals surface area contributed by atoms with E-state index in [1.807, 2.05) is 36.1 Å². The lowest BCUT2D eigenvalue weighted by Crippen LogP contribution is -2.50. The van der Waals surface area contributed by atoms with Gasteiger partial charge >= 0.3 is 0 Å². The van der Waals surface area contributed by atoms with Crippen LogP contribution in [0.25, 0.3) is 0 Å². The molecule has 148 valence electrons. The highest BCUT2D eigenvalue weighted by Crippen LogP contribution is 2.30. The minimum Gasteiger partial charge on any atom is -0.472 e. The van der Waals surface area contributed by atoms with Crippen LogP contribution in [0.4, 0.5) is 0 Å². The first-order chi connectivity index (χ1) is 13.6. The van der Waals surface area contributed by atoms with Gasteiger partial charge in [-0.2, -0.15) is 0 Å². The highest BCUT2D eigenvalue weighted by atomic mass is 16.5. The van der Waals surface area contributed by atoms with Crippen LogP contribution in [0.2, 0.25) is 0 Å². The second kappa shape index (κ2) is 8.19. The van der Waals surface area contributed by atoms with Crippen molar-refractivity contribution < 1.29 is 18.7 Å². The van der Waals surface area contributed by atoms with E-state index in [-0.39, 0.29) is 17.9 Å². The molecule has 2 aliphatic rings. The second-order valence-corrected chi connectivity index (χ2v) is 7.78. The molecule has 0 spiro atoms. The number of morpholine rings is 1. The van der Waals surface area contributed by atoms with Crippen molar-refractivity contribution in [3.63, 3.8) is 0 Å². The molecule has 6 nitrogen and oxygen atoms in total. The molecule has 4 rings (SSSR count). The molecule has 1 aliphatic carbocycles. The number of amides is 2. The Morgan fingerprint density at radius 3 is 2.57 bits per heavy atom. The molecule has 1 aromatic carbocycles. The largest absolute Gasteiger partial charge is 0.472 e. The molecule has 2 aromatic rings. The quantitative estimate of drug-likeness (QED) is 0.771. The van der Waals surface area contributed by atoms with Crippen molar-refractivity contribution in [2.24, 2.45) is 5.92 Å². The molecule has 2 amide bonds. The van der Waals surface area contributed by atoms with Gasteiger partial charge in [0, 0.05) is 31.7 Å². The number of aryl methyl sites for hydroxylation is 1. The normalized spacial score (nSPS) is 19.5. The van der Waals surface area contributed by atoms with Crippen molar-refractivity contribution >= 4 is 11.8 Å². The summed E-state index contributed by atoms with van der Waals surface area (Å²) in [5.74, 6) is 0.566. The van der Waals surface area contributed by atoms with Gasteiger partial charge in [0.25, 0.3) is 11.8 Å². The molecular formula is C22H26N2O4. The smallest absolute Gasteiger partial charge is 0.257 e. The second-order valence-electron chi connectivity index (χ2n) is 7.78. The molecule has 6 heteroatoms. The number of benzene rings is 1. The summed E-state index contributed by atoms with van der Waals surface area (Å²) in [5.41, 5.74) is 2.38. The lowest BCUT2D eigenvalue weighted by atomic mass is 10.1. The topological polar surface area (TPSA) is 63.0 Å². The Kier molecular flexibility index (Phi) is 5.48. The van der Waals surface area contributed by atoms with Crippen molar-refractivity contribution in [2.45, 2.75) is 25.9 Å². The van der Waals surface area contributed by atoms with Gasteiger partial charge in [-0.15, -0.1) is 0 Å². The minimum absolute atomic E-state index is 0.0359. The molecule has 0 bridgehead atoms. The molecular weight excluding hydrogens is 356 g/mol. The zero-order chi connectivity index (χ0) is 19.5. The molecule has 2 fully saturated rings. The van der Waals surface area contributed by atoms with Crippen LogP contribution in [0.5, 0.6) is 0 Å². The van der Waals surface area contributed by atoms with Crippen LogP contribution in [0, 0.1) is 12.8 Å². The van der Waals surface area contributed by atoms with Gasteiger partial charge in [-0.05, 0) is 43.9 Å². The Hall–Kier alpha value is -2.60. The predicted octanol–water partition coefficient (Wildman–Crippen LogP) is 2.98. The van der Waals surface area contributed by atoms with E-state index in [0.29, 0.717) is 43.3 Å². The number of hydrogen-bond acceptors (Lipinski definition) is 4. The van der Waals surface area contributed by atoms with Crippen molar-refractivity contribution in [3.05, 3.63) is 59.5 Å². The Balaban J connectivity index is 1.43. The summed E-state index contributed by atoms with van der Waals surface area (Å²) in [6.45, 7) is 4.77. The number of rotatable bonds is 6. The molecule has 0 N–H and O–H groups in total. The van der Waals surface area contributed by atoms with Crippen molar-refractivity contribution in [2.75, 3.05) is 32.8 Å². The van der Waals surface area contributed by atoms with Crippen LogP contribution in [0.1, 0.15) is 39.1 Å². The highest BCUT2D eigenvalue weighted by Gasteiger charge is 2.32. The number of furan rings is 1.